The maximum Gasteiger partial charge on any atom is 0.409 e. The van der Waals surface area contributed by atoms with Crippen LogP contribution in [0.2, 0.25) is 0 Å². The van der Waals surface area contributed by atoms with E-state index in [0.717, 1.165) is 4.57 Å². The van der Waals surface area contributed by atoms with Gasteiger partial charge in [0.05, 0.1) is 13.0 Å². The second kappa shape index (κ2) is 5.32. The molecule has 2 heterocycles. The molecule has 120 valence electrons. The van der Waals surface area contributed by atoms with Crippen LogP contribution < -0.4 is 16.6 Å². The molecule has 0 unspecified atom stereocenters. The summed E-state index contributed by atoms with van der Waals surface area (Å²) < 4.78 is 8.85. The summed E-state index contributed by atoms with van der Waals surface area (Å²) in [5.41, 5.74) is -1.04. The fourth-order valence-electron chi connectivity index (χ4n) is 1.98. The summed E-state index contributed by atoms with van der Waals surface area (Å²) >= 11 is 0. The Balaban J connectivity index is 2.33. The molecule has 9 nitrogen and oxygen atoms in total. The highest BCUT2D eigenvalue weighted by Crippen LogP contribution is 2.07. The molecule has 0 atom stereocenters. The van der Waals surface area contributed by atoms with Crippen LogP contribution in [0.3, 0.4) is 0 Å². The Kier molecular flexibility index (Phi) is 3.82. The zero-order chi connectivity index (χ0) is 16.7. The normalized spacial score (nSPS) is 11.7. The van der Waals surface area contributed by atoms with Crippen LogP contribution in [0.15, 0.2) is 15.9 Å². The third-order valence-corrected chi connectivity index (χ3v) is 3.01. The van der Waals surface area contributed by atoms with Gasteiger partial charge in [-0.1, -0.05) is 0 Å². The van der Waals surface area contributed by atoms with E-state index in [1.165, 1.54) is 29.6 Å². The average molecular weight is 309 g/mol. The number of rotatable bonds is 2. The Morgan fingerprint density at radius 3 is 2.50 bits per heavy atom. The number of aryl methyl sites for hydroxylation is 1. The van der Waals surface area contributed by atoms with Crippen LogP contribution in [0.5, 0.6) is 0 Å². The van der Waals surface area contributed by atoms with E-state index in [4.69, 9.17) is 4.74 Å². The molecule has 2 rings (SSSR count). The molecule has 1 N–H and O–H groups in total. The van der Waals surface area contributed by atoms with Crippen molar-refractivity contribution in [2.75, 3.05) is 0 Å². The number of imidazole rings is 1. The number of amides is 1. The van der Waals surface area contributed by atoms with Crippen LogP contribution in [0, 0.1) is 0 Å². The number of aromatic nitrogens is 4. The minimum absolute atomic E-state index is 0.0128. The van der Waals surface area contributed by atoms with Gasteiger partial charge in [0.1, 0.15) is 5.60 Å². The number of ether oxygens (including phenoxy) is 1. The highest BCUT2D eigenvalue weighted by Gasteiger charge is 2.17. The molecule has 0 aromatic carbocycles. The van der Waals surface area contributed by atoms with Crippen molar-refractivity contribution in [3.05, 3.63) is 27.2 Å². The number of carbonyl (C=O) groups is 1. The molecule has 0 bridgehead atoms. The van der Waals surface area contributed by atoms with Gasteiger partial charge in [0.25, 0.3) is 5.56 Å². The maximum absolute atomic E-state index is 12.2. The summed E-state index contributed by atoms with van der Waals surface area (Å²) in [6.07, 6.45) is 0.791. The standard InChI is InChI=1S/C13H19N5O4/c1-13(2,3)22-11(20)15-7-18-6-14-9-8(18)10(19)17(5)12(21)16(9)4/h6H,7H2,1-5H3,(H,15,20). The molecule has 0 saturated heterocycles. The Hall–Kier alpha value is -2.58. The van der Waals surface area contributed by atoms with Gasteiger partial charge in [0.2, 0.25) is 0 Å². The smallest absolute Gasteiger partial charge is 0.409 e. The van der Waals surface area contributed by atoms with Crippen molar-refractivity contribution in [2.45, 2.75) is 33.0 Å². The Morgan fingerprint density at radius 1 is 1.27 bits per heavy atom. The van der Waals surface area contributed by atoms with Crippen molar-refractivity contribution in [1.82, 2.24) is 24.0 Å². The molecule has 0 spiro atoms. The molecule has 2 aromatic heterocycles. The fourth-order valence-corrected chi connectivity index (χ4v) is 1.98. The van der Waals surface area contributed by atoms with Crippen molar-refractivity contribution < 1.29 is 9.53 Å². The third kappa shape index (κ3) is 2.87. The third-order valence-electron chi connectivity index (χ3n) is 3.01. The van der Waals surface area contributed by atoms with E-state index in [0.29, 0.717) is 0 Å². The molecular formula is C13H19N5O4. The van der Waals surface area contributed by atoms with E-state index in [9.17, 15) is 14.4 Å². The monoisotopic (exact) mass is 309 g/mol. The Bertz CT molecular complexity index is 837. The van der Waals surface area contributed by atoms with E-state index in [1.54, 1.807) is 20.8 Å². The van der Waals surface area contributed by atoms with Crippen molar-refractivity contribution >= 4 is 17.3 Å². The van der Waals surface area contributed by atoms with E-state index in [2.05, 4.69) is 10.3 Å². The molecular weight excluding hydrogens is 290 g/mol. The zero-order valence-electron chi connectivity index (χ0n) is 13.2. The van der Waals surface area contributed by atoms with Crippen LogP contribution in [0.1, 0.15) is 20.8 Å². The highest BCUT2D eigenvalue weighted by molar-refractivity contribution is 5.71. The van der Waals surface area contributed by atoms with Gasteiger partial charge in [-0.3, -0.25) is 13.9 Å². The van der Waals surface area contributed by atoms with Crippen molar-refractivity contribution in [3.63, 3.8) is 0 Å². The summed E-state index contributed by atoms with van der Waals surface area (Å²) in [5, 5.41) is 2.54. The first kappa shape index (κ1) is 15.8. The highest BCUT2D eigenvalue weighted by atomic mass is 16.6. The van der Waals surface area contributed by atoms with Gasteiger partial charge in [0, 0.05) is 14.1 Å². The molecule has 0 fully saturated rings. The Labute approximate surface area is 126 Å². The fraction of sp³-hybridized carbons (Fsp3) is 0.538. The number of alkyl carbamates (subject to hydrolysis) is 1. The van der Waals surface area contributed by atoms with Gasteiger partial charge in [0.15, 0.2) is 11.2 Å². The lowest BCUT2D eigenvalue weighted by molar-refractivity contribution is 0.0512. The molecule has 0 aliphatic carbocycles. The second-order valence-electron chi connectivity index (χ2n) is 5.93. The zero-order valence-corrected chi connectivity index (χ0v) is 13.2. The average Bonchev–Trinajstić information content (AvgIpc) is 2.82. The molecule has 1 amide bonds. The van der Waals surface area contributed by atoms with Crippen molar-refractivity contribution in [1.29, 1.82) is 0 Å². The number of hydrogen-bond acceptors (Lipinski definition) is 5. The lowest BCUT2D eigenvalue weighted by atomic mass is 10.2. The van der Waals surface area contributed by atoms with Crippen LogP contribution in [0.4, 0.5) is 4.79 Å². The predicted molar refractivity (Wildman–Crippen MR) is 79.6 cm³/mol. The van der Waals surface area contributed by atoms with E-state index in [-0.39, 0.29) is 17.8 Å². The number of carbonyl (C=O) groups excluding carboxylic acids is 1. The molecule has 0 saturated carbocycles. The lowest BCUT2D eigenvalue weighted by Crippen LogP contribution is -2.38. The summed E-state index contributed by atoms with van der Waals surface area (Å²) in [7, 11) is 2.92. The van der Waals surface area contributed by atoms with Crippen molar-refractivity contribution in [3.8, 4) is 0 Å². The van der Waals surface area contributed by atoms with E-state index in [1.807, 2.05) is 0 Å². The molecule has 2 aromatic rings. The number of nitrogens with one attached hydrogen (secondary N) is 1. The van der Waals surface area contributed by atoms with Gasteiger partial charge in [-0.2, -0.15) is 0 Å². The first-order valence-electron chi connectivity index (χ1n) is 6.69. The number of hydrogen-bond donors (Lipinski definition) is 1. The van der Waals surface area contributed by atoms with E-state index >= 15 is 0 Å². The largest absolute Gasteiger partial charge is 0.444 e. The number of fused-ring (bicyclic) bond motifs is 1. The number of nitrogens with zero attached hydrogens (tertiary/aromatic N) is 4. The van der Waals surface area contributed by atoms with Gasteiger partial charge >= 0.3 is 11.8 Å². The lowest BCUT2D eigenvalue weighted by Gasteiger charge is -2.19. The first-order valence-corrected chi connectivity index (χ1v) is 6.69. The quantitative estimate of drug-likeness (QED) is 0.836. The van der Waals surface area contributed by atoms with Gasteiger partial charge in [-0.25, -0.2) is 14.6 Å². The van der Waals surface area contributed by atoms with Gasteiger partial charge < -0.3 is 14.6 Å². The molecule has 0 radical (unpaired) electrons. The van der Waals surface area contributed by atoms with Gasteiger partial charge in [-0.15, -0.1) is 0 Å². The minimum atomic E-state index is -0.610. The van der Waals surface area contributed by atoms with Crippen LogP contribution in [-0.2, 0) is 25.5 Å². The van der Waals surface area contributed by atoms with Crippen molar-refractivity contribution in [2.24, 2.45) is 14.1 Å². The molecule has 22 heavy (non-hydrogen) atoms. The van der Waals surface area contributed by atoms with Crippen LogP contribution in [0.25, 0.3) is 11.2 Å². The molecule has 0 aliphatic rings. The van der Waals surface area contributed by atoms with E-state index < -0.39 is 22.9 Å². The summed E-state index contributed by atoms with van der Waals surface area (Å²) in [5.74, 6) is 0. The topological polar surface area (TPSA) is 100 Å². The minimum Gasteiger partial charge on any atom is -0.444 e. The summed E-state index contributed by atoms with van der Waals surface area (Å²) in [6, 6.07) is 0. The van der Waals surface area contributed by atoms with Crippen LogP contribution in [-0.4, -0.2) is 30.4 Å². The predicted octanol–water partition coefficient (Wildman–Crippen LogP) is -0.0841. The molecule has 0 aliphatic heterocycles. The second-order valence-corrected chi connectivity index (χ2v) is 5.93. The van der Waals surface area contributed by atoms with Crippen LogP contribution >= 0.6 is 0 Å². The summed E-state index contributed by atoms with van der Waals surface area (Å²) in [4.78, 5) is 39.7. The summed E-state index contributed by atoms with van der Waals surface area (Å²) in [6.45, 7) is 5.28. The molecule has 9 heteroatoms. The Morgan fingerprint density at radius 2 is 1.91 bits per heavy atom. The first-order chi connectivity index (χ1) is 10.1. The maximum atomic E-state index is 12.2. The van der Waals surface area contributed by atoms with Gasteiger partial charge in [-0.05, 0) is 20.8 Å². The SMILES string of the molecule is Cn1c(=O)c2c(ncn2CNC(=O)OC(C)(C)C)n(C)c1=O.